The first-order chi connectivity index (χ1) is 15.1. The van der Waals surface area contributed by atoms with Gasteiger partial charge < -0.3 is 19.3 Å². The van der Waals surface area contributed by atoms with E-state index >= 15 is 0 Å². The number of amides is 2. The maximum absolute atomic E-state index is 12.8. The summed E-state index contributed by atoms with van der Waals surface area (Å²) in [5.41, 5.74) is 2.51. The van der Waals surface area contributed by atoms with E-state index in [1.165, 1.54) is 0 Å². The van der Waals surface area contributed by atoms with E-state index in [2.05, 4.69) is 10.2 Å². The Morgan fingerprint density at radius 3 is 2.68 bits per heavy atom. The molecule has 2 aliphatic rings. The molecule has 2 saturated heterocycles. The number of aryl methyl sites for hydroxylation is 1. The minimum atomic E-state index is -0.0611. The van der Waals surface area contributed by atoms with Crippen molar-refractivity contribution in [3.05, 3.63) is 47.3 Å². The quantitative estimate of drug-likeness (QED) is 0.765. The number of nitrogens with one attached hydrogen (secondary N) is 1. The number of piperidine rings is 1. The summed E-state index contributed by atoms with van der Waals surface area (Å²) in [4.78, 5) is 29.2. The van der Waals surface area contributed by atoms with Gasteiger partial charge in [0.05, 0.1) is 20.3 Å². The van der Waals surface area contributed by atoms with E-state index in [1.54, 1.807) is 12.0 Å². The molecule has 1 aromatic heterocycles. The molecule has 1 atom stereocenters. The number of hydrogen-bond acceptors (Lipinski definition) is 5. The zero-order valence-electron chi connectivity index (χ0n) is 18.0. The van der Waals surface area contributed by atoms with Crippen molar-refractivity contribution >= 4 is 11.8 Å². The first kappa shape index (κ1) is 21.4. The van der Waals surface area contributed by atoms with E-state index in [1.807, 2.05) is 35.2 Å². The van der Waals surface area contributed by atoms with E-state index in [-0.39, 0.29) is 17.7 Å². The molecule has 2 aromatic rings. The van der Waals surface area contributed by atoms with E-state index in [0.717, 1.165) is 36.4 Å². The van der Waals surface area contributed by atoms with Gasteiger partial charge in [-0.25, -0.2) is 0 Å². The zero-order chi connectivity index (χ0) is 21.6. The van der Waals surface area contributed by atoms with Crippen molar-refractivity contribution in [3.8, 4) is 5.75 Å². The van der Waals surface area contributed by atoms with Crippen LogP contribution in [0.15, 0.2) is 30.3 Å². The standard InChI is InChI=1S/C23H30N4O4/c1-30-19-7-4-17(5-8-19)6-9-22(28)27-10-2-3-18(16-27)20-15-21(25-24-20)23(29)26-11-13-31-14-12-26/h4-5,7-8,15,18H,2-3,6,9-14,16H2,1H3,(H,24,25)/t18-/m1/s1. The lowest BCUT2D eigenvalue weighted by Crippen LogP contribution is -2.40. The van der Waals surface area contributed by atoms with Gasteiger partial charge in [0.25, 0.3) is 5.91 Å². The molecule has 166 valence electrons. The number of H-pyrrole nitrogens is 1. The van der Waals surface area contributed by atoms with Crippen LogP contribution in [0, 0.1) is 0 Å². The Balaban J connectivity index is 1.32. The number of ether oxygens (including phenoxy) is 2. The third-order valence-electron chi connectivity index (χ3n) is 6.12. The number of morpholine rings is 1. The minimum Gasteiger partial charge on any atom is -0.497 e. The minimum absolute atomic E-state index is 0.0611. The number of carbonyl (C=O) groups is 2. The summed E-state index contributed by atoms with van der Waals surface area (Å²) >= 11 is 0. The molecule has 8 heteroatoms. The van der Waals surface area contributed by atoms with Crippen molar-refractivity contribution in [2.24, 2.45) is 0 Å². The summed E-state index contributed by atoms with van der Waals surface area (Å²) in [5.74, 6) is 1.11. The van der Waals surface area contributed by atoms with Crippen LogP contribution in [0.5, 0.6) is 5.75 Å². The highest BCUT2D eigenvalue weighted by Gasteiger charge is 2.27. The number of methoxy groups -OCH3 is 1. The number of nitrogens with zero attached hydrogens (tertiary/aromatic N) is 3. The molecule has 3 heterocycles. The fourth-order valence-electron chi connectivity index (χ4n) is 4.24. The molecule has 0 radical (unpaired) electrons. The van der Waals surface area contributed by atoms with Crippen molar-refractivity contribution in [3.63, 3.8) is 0 Å². The van der Waals surface area contributed by atoms with Crippen LogP contribution in [0.3, 0.4) is 0 Å². The largest absolute Gasteiger partial charge is 0.497 e. The zero-order valence-corrected chi connectivity index (χ0v) is 18.0. The molecule has 0 unspecified atom stereocenters. The lowest BCUT2D eigenvalue weighted by Gasteiger charge is -2.32. The van der Waals surface area contributed by atoms with Crippen molar-refractivity contribution in [2.75, 3.05) is 46.5 Å². The van der Waals surface area contributed by atoms with E-state index in [4.69, 9.17) is 9.47 Å². The fraction of sp³-hybridized carbons (Fsp3) is 0.522. The lowest BCUT2D eigenvalue weighted by atomic mass is 9.94. The topological polar surface area (TPSA) is 87.8 Å². The molecular formula is C23H30N4O4. The Morgan fingerprint density at radius 2 is 1.94 bits per heavy atom. The van der Waals surface area contributed by atoms with Crippen LogP contribution in [-0.2, 0) is 16.0 Å². The lowest BCUT2D eigenvalue weighted by molar-refractivity contribution is -0.132. The van der Waals surface area contributed by atoms with Gasteiger partial charge in [-0.15, -0.1) is 0 Å². The highest BCUT2D eigenvalue weighted by atomic mass is 16.5. The number of aromatic amines is 1. The summed E-state index contributed by atoms with van der Waals surface area (Å²) < 4.78 is 10.5. The van der Waals surface area contributed by atoms with Gasteiger partial charge in [0.1, 0.15) is 11.4 Å². The SMILES string of the molecule is COc1ccc(CCC(=O)N2CCC[C@@H](c3cc(C(=O)N4CCOCC4)n[nH]3)C2)cc1. The smallest absolute Gasteiger partial charge is 0.274 e. The molecule has 0 saturated carbocycles. The molecule has 1 N–H and O–H groups in total. The van der Waals surface area contributed by atoms with Crippen LogP contribution >= 0.6 is 0 Å². The van der Waals surface area contributed by atoms with Gasteiger partial charge in [-0.3, -0.25) is 14.7 Å². The van der Waals surface area contributed by atoms with Crippen molar-refractivity contribution in [1.29, 1.82) is 0 Å². The molecule has 0 aliphatic carbocycles. The van der Waals surface area contributed by atoms with Crippen LogP contribution in [-0.4, -0.2) is 78.3 Å². The van der Waals surface area contributed by atoms with Crippen LogP contribution in [0.4, 0.5) is 0 Å². The van der Waals surface area contributed by atoms with E-state index in [0.29, 0.717) is 51.4 Å². The highest BCUT2D eigenvalue weighted by molar-refractivity contribution is 5.92. The van der Waals surface area contributed by atoms with Crippen molar-refractivity contribution in [2.45, 2.75) is 31.6 Å². The molecular weight excluding hydrogens is 396 g/mol. The Labute approximate surface area is 182 Å². The van der Waals surface area contributed by atoms with Crippen molar-refractivity contribution < 1.29 is 19.1 Å². The fourth-order valence-corrected chi connectivity index (χ4v) is 4.24. The molecule has 0 bridgehead atoms. The molecule has 4 rings (SSSR count). The first-order valence-corrected chi connectivity index (χ1v) is 11.0. The second kappa shape index (κ2) is 9.96. The summed E-state index contributed by atoms with van der Waals surface area (Å²) in [7, 11) is 1.65. The van der Waals surface area contributed by atoms with Crippen LogP contribution < -0.4 is 4.74 Å². The monoisotopic (exact) mass is 426 g/mol. The molecule has 2 amide bonds. The molecule has 8 nitrogen and oxygen atoms in total. The van der Waals surface area contributed by atoms with Crippen LogP contribution in [0.2, 0.25) is 0 Å². The average Bonchev–Trinajstić information content (AvgIpc) is 3.33. The summed E-state index contributed by atoms with van der Waals surface area (Å²) in [6, 6.07) is 9.70. The van der Waals surface area contributed by atoms with Crippen LogP contribution in [0.25, 0.3) is 0 Å². The predicted octanol–water partition coefficient (Wildman–Crippen LogP) is 2.23. The molecule has 1 aromatic carbocycles. The van der Waals surface area contributed by atoms with Gasteiger partial charge in [-0.1, -0.05) is 12.1 Å². The Bertz CT molecular complexity index is 889. The number of hydrogen-bond donors (Lipinski definition) is 1. The molecule has 2 aliphatic heterocycles. The number of rotatable bonds is 6. The number of benzene rings is 1. The number of carbonyl (C=O) groups excluding carboxylic acids is 2. The second-order valence-electron chi connectivity index (χ2n) is 8.14. The Hall–Kier alpha value is -2.87. The van der Waals surface area contributed by atoms with Crippen LogP contribution in [0.1, 0.15) is 46.9 Å². The Morgan fingerprint density at radius 1 is 1.16 bits per heavy atom. The number of likely N-dealkylation sites (tertiary alicyclic amines) is 1. The van der Waals surface area contributed by atoms with Gasteiger partial charge in [-0.05, 0) is 43.0 Å². The van der Waals surface area contributed by atoms with E-state index in [9.17, 15) is 9.59 Å². The van der Waals surface area contributed by atoms with Gasteiger partial charge >= 0.3 is 0 Å². The maximum atomic E-state index is 12.8. The summed E-state index contributed by atoms with van der Waals surface area (Å²) in [6.07, 6.45) is 3.13. The van der Waals surface area contributed by atoms with Gasteiger partial charge in [0.2, 0.25) is 5.91 Å². The number of aromatic nitrogens is 2. The Kier molecular flexibility index (Phi) is 6.86. The predicted molar refractivity (Wildman–Crippen MR) is 115 cm³/mol. The third-order valence-corrected chi connectivity index (χ3v) is 6.12. The van der Waals surface area contributed by atoms with Gasteiger partial charge in [0, 0.05) is 44.2 Å². The first-order valence-electron chi connectivity index (χ1n) is 11.0. The summed E-state index contributed by atoms with van der Waals surface area (Å²) in [6.45, 7) is 3.78. The highest BCUT2D eigenvalue weighted by Crippen LogP contribution is 2.27. The second-order valence-corrected chi connectivity index (χ2v) is 8.14. The van der Waals surface area contributed by atoms with Gasteiger partial charge in [0.15, 0.2) is 0 Å². The normalized spacial score (nSPS) is 19.3. The molecule has 0 spiro atoms. The maximum Gasteiger partial charge on any atom is 0.274 e. The molecule has 31 heavy (non-hydrogen) atoms. The van der Waals surface area contributed by atoms with E-state index < -0.39 is 0 Å². The molecule has 2 fully saturated rings. The summed E-state index contributed by atoms with van der Waals surface area (Å²) in [5, 5.41) is 7.30. The third kappa shape index (κ3) is 5.25. The average molecular weight is 427 g/mol. The van der Waals surface area contributed by atoms with Gasteiger partial charge in [-0.2, -0.15) is 5.10 Å². The van der Waals surface area contributed by atoms with Crippen molar-refractivity contribution in [1.82, 2.24) is 20.0 Å².